The van der Waals surface area contributed by atoms with E-state index in [1.54, 1.807) is 23.9 Å². The molecule has 2 N–H and O–H groups in total. The fraction of sp³-hybridized carbons (Fsp3) is 0.111. The molecule has 0 saturated heterocycles. The van der Waals surface area contributed by atoms with Crippen LogP contribution in [0.2, 0.25) is 0 Å². The molecule has 1 aliphatic rings. The van der Waals surface area contributed by atoms with Gasteiger partial charge in [-0.15, -0.1) is 0 Å². The van der Waals surface area contributed by atoms with E-state index in [0.717, 1.165) is 68.9 Å². The molecule has 0 amide bonds. The summed E-state index contributed by atoms with van der Waals surface area (Å²) in [6, 6.07) is 31.4. The average molecular weight is 611 g/mol. The molecule has 0 saturated carbocycles. The van der Waals surface area contributed by atoms with Crippen LogP contribution in [0.4, 0.5) is 11.4 Å². The van der Waals surface area contributed by atoms with Crippen LogP contribution >= 0.6 is 11.8 Å². The minimum absolute atomic E-state index is 0.307. The molecule has 45 heavy (non-hydrogen) atoms. The normalized spacial score (nSPS) is 12.8. The summed E-state index contributed by atoms with van der Waals surface area (Å²) in [5.74, 6) is -2.50. The molecule has 0 bridgehead atoms. The third-order valence-electron chi connectivity index (χ3n) is 7.78. The highest BCUT2D eigenvalue weighted by atomic mass is 32.2. The minimum atomic E-state index is -1.25. The van der Waals surface area contributed by atoms with Crippen molar-refractivity contribution in [3.8, 4) is 12.1 Å². The van der Waals surface area contributed by atoms with Crippen LogP contribution in [0.15, 0.2) is 106 Å². The number of benzene rings is 4. The molecule has 5 aromatic rings. The Balaban J connectivity index is 1.25. The second-order valence-electron chi connectivity index (χ2n) is 10.6. The van der Waals surface area contributed by atoms with Crippen molar-refractivity contribution in [1.82, 2.24) is 4.57 Å². The number of carboxylic acid groups (broad SMARTS) is 2. The van der Waals surface area contributed by atoms with Crippen molar-refractivity contribution < 1.29 is 19.8 Å². The van der Waals surface area contributed by atoms with Crippen molar-refractivity contribution in [2.24, 2.45) is 0 Å². The number of nitrogens with zero attached hydrogens (tertiary/aromatic N) is 4. The first-order valence-corrected chi connectivity index (χ1v) is 15.1. The predicted octanol–water partition coefficient (Wildman–Crippen LogP) is 7.86. The van der Waals surface area contributed by atoms with Gasteiger partial charge in [-0.2, -0.15) is 10.5 Å². The number of anilines is 2. The van der Waals surface area contributed by atoms with Crippen molar-refractivity contribution in [2.75, 3.05) is 11.4 Å². The van der Waals surface area contributed by atoms with Gasteiger partial charge in [0.2, 0.25) is 0 Å². The number of fused-ring (bicyclic) bond motifs is 5. The molecule has 9 heteroatoms. The van der Waals surface area contributed by atoms with Crippen molar-refractivity contribution in [3.63, 3.8) is 0 Å². The fourth-order valence-corrected chi connectivity index (χ4v) is 6.88. The van der Waals surface area contributed by atoms with E-state index in [0.29, 0.717) is 11.1 Å². The summed E-state index contributed by atoms with van der Waals surface area (Å²) in [4.78, 5) is 27.1. The number of para-hydroxylation sites is 2. The smallest absolute Gasteiger partial charge is 0.346 e. The van der Waals surface area contributed by atoms with Crippen LogP contribution in [0.1, 0.15) is 24.0 Å². The Bertz CT molecular complexity index is 2150. The molecule has 220 valence electrons. The van der Waals surface area contributed by atoms with Gasteiger partial charge in [0.15, 0.2) is 0 Å². The summed E-state index contributed by atoms with van der Waals surface area (Å²) >= 11 is 1.63. The Morgan fingerprint density at radius 2 is 1.29 bits per heavy atom. The number of carboxylic acids is 2. The Morgan fingerprint density at radius 3 is 2.02 bits per heavy atom. The van der Waals surface area contributed by atoms with E-state index in [2.05, 4.69) is 33.7 Å². The van der Waals surface area contributed by atoms with E-state index in [1.807, 2.05) is 60.7 Å². The first-order chi connectivity index (χ1) is 21.9. The zero-order valence-electron chi connectivity index (χ0n) is 24.0. The van der Waals surface area contributed by atoms with Gasteiger partial charge in [0.25, 0.3) is 0 Å². The van der Waals surface area contributed by atoms with Gasteiger partial charge >= 0.3 is 11.9 Å². The SMILES string of the molecule is N#C/C(=C\c1ccc2c(c1)Sc1ccccc1N2CCCCn1c2ccccc2c2cc(/C=C(\C#N)C(=O)O)ccc21)C(=O)O. The van der Waals surface area contributed by atoms with Crippen molar-refractivity contribution in [2.45, 2.75) is 29.2 Å². The number of rotatable bonds is 9. The van der Waals surface area contributed by atoms with Gasteiger partial charge in [0.05, 0.1) is 11.4 Å². The quantitative estimate of drug-likeness (QED) is 0.0980. The Kier molecular flexibility index (Phi) is 8.11. The molecule has 1 aliphatic heterocycles. The van der Waals surface area contributed by atoms with Crippen LogP contribution in [-0.2, 0) is 16.1 Å². The van der Waals surface area contributed by atoms with Crippen LogP contribution in [-0.4, -0.2) is 33.3 Å². The molecule has 2 heterocycles. The number of hydrogen-bond acceptors (Lipinski definition) is 6. The van der Waals surface area contributed by atoms with Crippen molar-refractivity contribution in [1.29, 1.82) is 10.5 Å². The van der Waals surface area contributed by atoms with Gasteiger partial charge < -0.3 is 19.7 Å². The van der Waals surface area contributed by atoms with Crippen molar-refractivity contribution >= 4 is 69.0 Å². The van der Waals surface area contributed by atoms with Gasteiger partial charge in [-0.3, -0.25) is 0 Å². The number of unbranched alkanes of at least 4 members (excludes halogenated alkanes) is 1. The fourth-order valence-electron chi connectivity index (χ4n) is 5.74. The van der Waals surface area contributed by atoms with E-state index < -0.39 is 11.9 Å². The summed E-state index contributed by atoms with van der Waals surface area (Å²) in [6.45, 7) is 1.56. The van der Waals surface area contributed by atoms with Crippen LogP contribution in [0.5, 0.6) is 0 Å². The first kappa shape index (κ1) is 29.3. The number of carbonyl (C=O) groups is 2. The maximum atomic E-state index is 11.4. The second-order valence-corrected chi connectivity index (χ2v) is 11.6. The summed E-state index contributed by atoms with van der Waals surface area (Å²) in [7, 11) is 0. The lowest BCUT2D eigenvalue weighted by Crippen LogP contribution is -2.22. The zero-order chi connectivity index (χ0) is 31.5. The standard InChI is InChI=1S/C36H26N4O4S/c37-21-25(35(41)42)17-23-11-13-30-28(19-23)27-7-1-2-8-29(27)39(30)15-5-6-16-40-31-9-3-4-10-33(31)45-34-20-24(12-14-32(34)40)18-26(22-38)36(43)44/h1-4,7-14,17-20H,5-6,15-16H2,(H,41,42)(H,43,44)/b25-17+,26-18+. The highest BCUT2D eigenvalue weighted by molar-refractivity contribution is 7.99. The van der Waals surface area contributed by atoms with Crippen molar-refractivity contribution in [3.05, 3.63) is 107 Å². The third-order valence-corrected chi connectivity index (χ3v) is 8.90. The summed E-state index contributed by atoms with van der Waals surface area (Å²) in [6.07, 6.45) is 4.59. The number of aryl methyl sites for hydroxylation is 1. The van der Waals surface area contributed by atoms with Gasteiger partial charge in [-0.25, -0.2) is 9.59 Å². The molecular formula is C36H26N4O4S. The summed E-state index contributed by atoms with van der Waals surface area (Å²) in [5.41, 5.74) is 5.01. The monoisotopic (exact) mass is 610 g/mol. The van der Waals surface area contributed by atoms with Gasteiger partial charge in [0.1, 0.15) is 23.3 Å². The van der Waals surface area contributed by atoms with E-state index in [-0.39, 0.29) is 11.1 Å². The molecule has 0 atom stereocenters. The molecule has 0 unspecified atom stereocenters. The summed E-state index contributed by atoms with van der Waals surface area (Å²) in [5, 5.41) is 39.0. The third kappa shape index (κ3) is 5.77. The number of hydrogen-bond donors (Lipinski definition) is 2. The number of aromatic nitrogens is 1. The van der Waals surface area contributed by atoms with E-state index in [4.69, 9.17) is 0 Å². The minimum Gasteiger partial charge on any atom is -0.477 e. The molecular weight excluding hydrogens is 584 g/mol. The van der Waals surface area contributed by atoms with Gasteiger partial charge in [-0.05, 0) is 78.6 Å². The Hall–Kier alpha value is -5.77. The molecule has 0 radical (unpaired) electrons. The van der Waals surface area contributed by atoms with Gasteiger partial charge in [-0.1, -0.05) is 54.2 Å². The molecule has 0 spiro atoms. The molecule has 6 rings (SSSR count). The van der Waals surface area contributed by atoms with Crippen LogP contribution in [0.3, 0.4) is 0 Å². The van der Waals surface area contributed by atoms with Crippen LogP contribution < -0.4 is 4.90 Å². The molecule has 0 fully saturated rings. The number of nitriles is 2. The topological polar surface area (TPSA) is 130 Å². The van der Waals surface area contributed by atoms with Gasteiger partial charge in [0, 0.05) is 44.7 Å². The maximum absolute atomic E-state index is 11.4. The van der Waals surface area contributed by atoms with E-state index >= 15 is 0 Å². The molecule has 8 nitrogen and oxygen atoms in total. The predicted molar refractivity (Wildman–Crippen MR) is 175 cm³/mol. The molecule has 0 aliphatic carbocycles. The highest BCUT2D eigenvalue weighted by Crippen LogP contribution is 2.48. The lowest BCUT2D eigenvalue weighted by molar-refractivity contribution is -0.133. The average Bonchev–Trinajstić information content (AvgIpc) is 3.36. The largest absolute Gasteiger partial charge is 0.477 e. The molecule has 4 aromatic carbocycles. The summed E-state index contributed by atoms with van der Waals surface area (Å²) < 4.78 is 2.29. The van der Waals surface area contributed by atoms with E-state index in [1.165, 1.54) is 12.2 Å². The van der Waals surface area contributed by atoms with Crippen LogP contribution in [0.25, 0.3) is 34.0 Å². The Morgan fingerprint density at radius 1 is 0.689 bits per heavy atom. The second kappa shape index (κ2) is 12.5. The highest BCUT2D eigenvalue weighted by Gasteiger charge is 2.23. The lowest BCUT2D eigenvalue weighted by atomic mass is 10.1. The lowest BCUT2D eigenvalue weighted by Gasteiger charge is -2.33. The zero-order valence-corrected chi connectivity index (χ0v) is 24.8. The molecule has 1 aromatic heterocycles. The number of aliphatic carboxylic acids is 2. The first-order valence-electron chi connectivity index (χ1n) is 14.3. The van der Waals surface area contributed by atoms with Crippen LogP contribution in [0, 0.1) is 22.7 Å². The van der Waals surface area contributed by atoms with E-state index in [9.17, 15) is 30.3 Å². The maximum Gasteiger partial charge on any atom is 0.346 e. The Labute approximate surface area is 263 Å².